The number of rotatable bonds is 3. The van der Waals surface area contributed by atoms with Crippen LogP contribution in [0.1, 0.15) is 19.8 Å². The van der Waals surface area contributed by atoms with Crippen molar-refractivity contribution in [1.82, 2.24) is 4.90 Å². The summed E-state index contributed by atoms with van der Waals surface area (Å²) in [7, 11) is 0. The van der Waals surface area contributed by atoms with Crippen molar-refractivity contribution in [3.63, 3.8) is 0 Å². The van der Waals surface area contributed by atoms with E-state index >= 15 is 0 Å². The van der Waals surface area contributed by atoms with Crippen LogP contribution in [0.25, 0.3) is 0 Å². The van der Waals surface area contributed by atoms with E-state index in [0.29, 0.717) is 12.8 Å². The van der Waals surface area contributed by atoms with Crippen LogP contribution in [-0.2, 0) is 9.59 Å². The first-order valence-corrected chi connectivity index (χ1v) is 5.80. The first-order chi connectivity index (χ1) is 8.05. The molecule has 0 aromatic rings. The fraction of sp³-hybridized carbons (Fsp3) is 0.667. The lowest BCUT2D eigenvalue weighted by Gasteiger charge is -2.34. The number of allylic oxidation sites excluding steroid dienone is 2. The zero-order chi connectivity index (χ0) is 12.6. The number of hydrogen-bond donors (Lipinski definition) is 2. The second-order valence-electron chi connectivity index (χ2n) is 4.98. The molecular weight excluding hydrogens is 222 g/mol. The van der Waals surface area contributed by atoms with Crippen LogP contribution in [-0.4, -0.2) is 45.7 Å². The van der Waals surface area contributed by atoms with Crippen LogP contribution < -0.4 is 0 Å². The molecule has 1 aliphatic carbocycles. The molecule has 1 saturated heterocycles. The Morgan fingerprint density at radius 3 is 1.94 bits per heavy atom. The minimum atomic E-state index is -1.19. The number of likely N-dealkylation sites (tertiary alicyclic amines) is 1. The predicted molar refractivity (Wildman–Crippen MR) is 59.8 cm³/mol. The molecule has 1 heterocycles. The van der Waals surface area contributed by atoms with E-state index in [1.165, 1.54) is 6.92 Å². The third-order valence-electron chi connectivity index (χ3n) is 3.73. The summed E-state index contributed by atoms with van der Waals surface area (Å²) in [5.41, 5.74) is -1.19. The monoisotopic (exact) mass is 239 g/mol. The number of aliphatic hydroxyl groups is 2. The molecule has 1 fully saturated rings. The first kappa shape index (κ1) is 12.3. The van der Waals surface area contributed by atoms with Gasteiger partial charge in [0, 0.05) is 0 Å². The largest absolute Gasteiger partial charge is 0.394 e. The van der Waals surface area contributed by atoms with Gasteiger partial charge in [0.25, 0.3) is 0 Å². The summed E-state index contributed by atoms with van der Waals surface area (Å²) in [6, 6.07) is 0. The first-order valence-electron chi connectivity index (χ1n) is 5.80. The van der Waals surface area contributed by atoms with Crippen LogP contribution in [0.5, 0.6) is 0 Å². The van der Waals surface area contributed by atoms with Gasteiger partial charge in [-0.05, 0) is 19.8 Å². The zero-order valence-electron chi connectivity index (χ0n) is 9.80. The Kier molecular flexibility index (Phi) is 3.05. The maximum atomic E-state index is 12.2. The van der Waals surface area contributed by atoms with Gasteiger partial charge >= 0.3 is 0 Å². The number of imide groups is 1. The molecule has 0 saturated carbocycles. The Labute approximate surface area is 99.7 Å². The maximum Gasteiger partial charge on any atom is 0.234 e. The minimum Gasteiger partial charge on any atom is -0.394 e. The van der Waals surface area contributed by atoms with Crippen molar-refractivity contribution < 1.29 is 19.8 Å². The Hall–Kier alpha value is -1.20. The summed E-state index contributed by atoms with van der Waals surface area (Å²) in [6.45, 7) is 0.676. The summed E-state index contributed by atoms with van der Waals surface area (Å²) in [4.78, 5) is 25.4. The Bertz CT molecular complexity index is 347. The molecule has 0 bridgehead atoms. The van der Waals surface area contributed by atoms with E-state index in [2.05, 4.69) is 0 Å². The molecule has 17 heavy (non-hydrogen) atoms. The third kappa shape index (κ3) is 1.70. The highest BCUT2D eigenvalue weighted by Crippen LogP contribution is 2.38. The topological polar surface area (TPSA) is 77.8 Å². The van der Waals surface area contributed by atoms with Crippen LogP contribution in [0.2, 0.25) is 0 Å². The molecule has 2 atom stereocenters. The molecule has 1 aliphatic heterocycles. The SMILES string of the molecule is CC(CO)(CO)N1C(=O)C2CC=CCC2C1=O. The molecule has 2 unspecified atom stereocenters. The smallest absolute Gasteiger partial charge is 0.234 e. The van der Waals surface area contributed by atoms with Gasteiger partial charge in [0.2, 0.25) is 11.8 Å². The van der Waals surface area contributed by atoms with Crippen LogP contribution in [0, 0.1) is 11.8 Å². The number of nitrogens with zero attached hydrogens (tertiary/aromatic N) is 1. The molecule has 5 nitrogen and oxygen atoms in total. The molecule has 2 amide bonds. The molecular formula is C12H17NO4. The average molecular weight is 239 g/mol. The van der Waals surface area contributed by atoms with Crippen LogP contribution >= 0.6 is 0 Å². The molecule has 5 heteroatoms. The van der Waals surface area contributed by atoms with Gasteiger partial charge in [0.15, 0.2) is 0 Å². The Morgan fingerprint density at radius 1 is 1.18 bits per heavy atom. The summed E-state index contributed by atoms with van der Waals surface area (Å²) >= 11 is 0. The molecule has 94 valence electrons. The highest BCUT2D eigenvalue weighted by atomic mass is 16.3. The van der Waals surface area contributed by atoms with E-state index in [4.69, 9.17) is 0 Å². The lowest BCUT2D eigenvalue weighted by atomic mass is 9.85. The number of hydrogen-bond acceptors (Lipinski definition) is 4. The number of fused-ring (bicyclic) bond motifs is 1. The van der Waals surface area contributed by atoms with Crippen molar-refractivity contribution >= 4 is 11.8 Å². The predicted octanol–water partition coefficient (Wildman–Crippen LogP) is -0.319. The number of aliphatic hydroxyl groups excluding tert-OH is 2. The zero-order valence-corrected chi connectivity index (χ0v) is 9.80. The lowest BCUT2D eigenvalue weighted by molar-refractivity contribution is -0.150. The van der Waals surface area contributed by atoms with Gasteiger partial charge in [-0.3, -0.25) is 14.5 Å². The molecule has 2 N–H and O–H groups in total. The highest BCUT2D eigenvalue weighted by molar-refractivity contribution is 6.06. The Balaban J connectivity index is 2.32. The quantitative estimate of drug-likeness (QED) is 0.522. The number of carbonyl (C=O) groups is 2. The summed E-state index contributed by atoms with van der Waals surface area (Å²) < 4.78 is 0. The number of amides is 2. The molecule has 0 radical (unpaired) electrons. The molecule has 2 rings (SSSR count). The summed E-state index contributed by atoms with van der Waals surface area (Å²) in [5.74, 6) is -1.17. The molecule has 2 aliphatic rings. The highest BCUT2D eigenvalue weighted by Gasteiger charge is 2.53. The van der Waals surface area contributed by atoms with Gasteiger partial charge in [-0.25, -0.2) is 0 Å². The van der Waals surface area contributed by atoms with E-state index in [1.807, 2.05) is 12.2 Å². The lowest BCUT2D eigenvalue weighted by Crippen LogP contribution is -2.55. The van der Waals surface area contributed by atoms with Crippen molar-refractivity contribution in [2.24, 2.45) is 11.8 Å². The minimum absolute atomic E-state index is 0.269. The van der Waals surface area contributed by atoms with Crippen molar-refractivity contribution in [2.75, 3.05) is 13.2 Å². The summed E-state index contributed by atoms with van der Waals surface area (Å²) in [5, 5.41) is 18.6. The van der Waals surface area contributed by atoms with Gasteiger partial charge in [0.1, 0.15) is 0 Å². The van der Waals surface area contributed by atoms with E-state index in [1.54, 1.807) is 0 Å². The van der Waals surface area contributed by atoms with Crippen molar-refractivity contribution in [1.29, 1.82) is 0 Å². The van der Waals surface area contributed by atoms with Crippen molar-refractivity contribution in [3.8, 4) is 0 Å². The number of carbonyl (C=O) groups excluding carboxylic acids is 2. The second-order valence-corrected chi connectivity index (χ2v) is 4.98. The van der Waals surface area contributed by atoms with Gasteiger partial charge in [-0.15, -0.1) is 0 Å². The van der Waals surface area contributed by atoms with Gasteiger partial charge < -0.3 is 10.2 Å². The van der Waals surface area contributed by atoms with Crippen molar-refractivity contribution in [3.05, 3.63) is 12.2 Å². The van der Waals surface area contributed by atoms with E-state index < -0.39 is 18.8 Å². The van der Waals surface area contributed by atoms with E-state index in [0.717, 1.165) is 4.90 Å². The van der Waals surface area contributed by atoms with Gasteiger partial charge in [-0.2, -0.15) is 0 Å². The molecule has 0 aromatic heterocycles. The average Bonchev–Trinajstić information content (AvgIpc) is 2.62. The maximum absolute atomic E-state index is 12.2. The van der Waals surface area contributed by atoms with Crippen molar-refractivity contribution in [2.45, 2.75) is 25.3 Å². The third-order valence-corrected chi connectivity index (χ3v) is 3.73. The van der Waals surface area contributed by atoms with E-state index in [-0.39, 0.29) is 23.7 Å². The van der Waals surface area contributed by atoms with Crippen LogP contribution in [0.3, 0.4) is 0 Å². The van der Waals surface area contributed by atoms with Gasteiger partial charge in [0.05, 0.1) is 30.6 Å². The van der Waals surface area contributed by atoms with Crippen LogP contribution in [0.15, 0.2) is 12.2 Å². The standard InChI is InChI=1S/C12H17NO4/c1-12(6-14,7-15)13-10(16)8-4-2-3-5-9(8)11(13)17/h2-3,8-9,14-15H,4-7H2,1H3. The summed E-state index contributed by atoms with van der Waals surface area (Å²) in [6.07, 6.45) is 4.95. The van der Waals surface area contributed by atoms with E-state index in [9.17, 15) is 19.8 Å². The second kappa shape index (κ2) is 4.23. The fourth-order valence-electron chi connectivity index (χ4n) is 2.52. The van der Waals surface area contributed by atoms with Gasteiger partial charge in [-0.1, -0.05) is 12.2 Å². The van der Waals surface area contributed by atoms with Crippen LogP contribution in [0.4, 0.5) is 0 Å². The fourth-order valence-corrected chi connectivity index (χ4v) is 2.52. The molecule has 0 aromatic carbocycles. The normalized spacial score (nSPS) is 28.8. The molecule has 0 spiro atoms. The Morgan fingerprint density at radius 2 is 1.59 bits per heavy atom.